The van der Waals surface area contributed by atoms with E-state index >= 15 is 0 Å². The summed E-state index contributed by atoms with van der Waals surface area (Å²) in [5.41, 5.74) is 2.47. The van der Waals surface area contributed by atoms with Gasteiger partial charge in [-0.05, 0) is 75.2 Å². The van der Waals surface area contributed by atoms with E-state index in [-0.39, 0.29) is 0 Å². The molecule has 2 saturated heterocycles. The monoisotopic (exact) mass is 430 g/mol. The van der Waals surface area contributed by atoms with Crippen LogP contribution in [0.5, 0.6) is 5.75 Å². The van der Waals surface area contributed by atoms with Gasteiger partial charge in [-0.15, -0.1) is 0 Å². The summed E-state index contributed by atoms with van der Waals surface area (Å²) in [6.45, 7) is 7.32. The Kier molecular flexibility index (Phi) is 8.65. The van der Waals surface area contributed by atoms with Gasteiger partial charge in [-0.1, -0.05) is 18.9 Å². The highest BCUT2D eigenvalue weighted by Crippen LogP contribution is 2.29. The van der Waals surface area contributed by atoms with Gasteiger partial charge in [0.2, 0.25) is 0 Å². The average molecular weight is 431 g/mol. The van der Waals surface area contributed by atoms with Gasteiger partial charge < -0.3 is 19.1 Å². The minimum absolute atomic E-state index is 0.398. The quantitative estimate of drug-likeness (QED) is 0.547. The fourth-order valence-corrected chi connectivity index (χ4v) is 5.87. The van der Waals surface area contributed by atoms with Gasteiger partial charge in [0, 0.05) is 45.0 Å². The lowest BCUT2D eigenvalue weighted by atomic mass is 9.94. The molecule has 1 unspecified atom stereocenters. The third kappa shape index (κ3) is 6.44. The molecule has 3 fully saturated rings. The molecule has 5 heteroatoms. The van der Waals surface area contributed by atoms with Crippen molar-refractivity contribution >= 4 is 0 Å². The number of hydrogen-bond acceptors (Lipinski definition) is 5. The zero-order valence-electron chi connectivity index (χ0n) is 19.7. The summed E-state index contributed by atoms with van der Waals surface area (Å²) in [6, 6.07) is 7.44. The summed E-state index contributed by atoms with van der Waals surface area (Å²) < 4.78 is 16.9. The molecule has 4 rings (SSSR count). The van der Waals surface area contributed by atoms with Gasteiger partial charge in [0.15, 0.2) is 0 Å². The Balaban J connectivity index is 1.37. The molecule has 1 aromatic carbocycles. The lowest BCUT2D eigenvalue weighted by Crippen LogP contribution is -2.43. The van der Waals surface area contributed by atoms with Crippen molar-refractivity contribution in [3.63, 3.8) is 0 Å². The van der Waals surface area contributed by atoms with Crippen LogP contribution < -0.4 is 4.74 Å². The molecular formula is C26H42N2O3. The van der Waals surface area contributed by atoms with Crippen LogP contribution in [0.2, 0.25) is 0 Å². The summed E-state index contributed by atoms with van der Waals surface area (Å²) >= 11 is 0. The number of piperidine rings is 1. The molecule has 0 bridgehead atoms. The molecule has 0 N–H and O–H groups in total. The van der Waals surface area contributed by atoms with Crippen molar-refractivity contribution in [2.75, 3.05) is 47.0 Å². The Bertz CT molecular complexity index is 663. The van der Waals surface area contributed by atoms with Crippen LogP contribution in [0.25, 0.3) is 0 Å². The fraction of sp³-hybridized carbons (Fsp3) is 0.769. The number of methoxy groups -OCH3 is 2. The van der Waals surface area contributed by atoms with Crippen molar-refractivity contribution in [1.29, 1.82) is 0 Å². The number of rotatable bonds is 10. The minimum Gasteiger partial charge on any atom is -0.496 e. The molecule has 1 saturated carbocycles. The van der Waals surface area contributed by atoms with E-state index in [2.05, 4.69) is 28.0 Å². The van der Waals surface area contributed by atoms with E-state index in [1.807, 2.05) is 0 Å². The smallest absolute Gasteiger partial charge is 0.124 e. The lowest BCUT2D eigenvalue weighted by Gasteiger charge is -2.38. The van der Waals surface area contributed by atoms with Crippen molar-refractivity contribution in [2.45, 2.75) is 76.7 Å². The van der Waals surface area contributed by atoms with Gasteiger partial charge in [0.25, 0.3) is 0 Å². The lowest BCUT2D eigenvalue weighted by molar-refractivity contribution is 0.0539. The molecule has 1 aliphatic carbocycles. The van der Waals surface area contributed by atoms with E-state index < -0.39 is 0 Å². The summed E-state index contributed by atoms with van der Waals surface area (Å²) in [7, 11) is 3.48. The van der Waals surface area contributed by atoms with Crippen LogP contribution in [-0.2, 0) is 22.6 Å². The third-order valence-electron chi connectivity index (χ3n) is 7.54. The number of ether oxygens (including phenoxy) is 3. The second-order valence-electron chi connectivity index (χ2n) is 9.83. The molecule has 0 amide bonds. The van der Waals surface area contributed by atoms with Crippen molar-refractivity contribution < 1.29 is 14.2 Å². The second kappa shape index (κ2) is 11.6. The van der Waals surface area contributed by atoms with Crippen LogP contribution in [0.15, 0.2) is 18.2 Å². The molecule has 3 aliphatic rings. The third-order valence-corrected chi connectivity index (χ3v) is 7.54. The van der Waals surface area contributed by atoms with E-state index in [4.69, 9.17) is 14.2 Å². The highest BCUT2D eigenvalue weighted by molar-refractivity contribution is 5.37. The van der Waals surface area contributed by atoms with Gasteiger partial charge in [0.1, 0.15) is 5.75 Å². The first-order valence-electron chi connectivity index (χ1n) is 12.5. The van der Waals surface area contributed by atoms with Crippen LogP contribution in [0.1, 0.15) is 62.5 Å². The zero-order chi connectivity index (χ0) is 21.5. The molecule has 1 aromatic rings. The molecule has 0 aromatic heterocycles. The van der Waals surface area contributed by atoms with Gasteiger partial charge in [-0.3, -0.25) is 4.90 Å². The first-order chi connectivity index (χ1) is 15.2. The molecular weight excluding hydrogens is 388 g/mol. The second-order valence-corrected chi connectivity index (χ2v) is 9.83. The molecule has 0 spiro atoms. The summed E-state index contributed by atoms with van der Waals surface area (Å²) in [4.78, 5) is 5.44. The first kappa shape index (κ1) is 23.0. The predicted molar refractivity (Wildman–Crippen MR) is 125 cm³/mol. The van der Waals surface area contributed by atoms with Crippen LogP contribution in [-0.4, -0.2) is 69.0 Å². The highest BCUT2D eigenvalue weighted by atomic mass is 16.5. The van der Waals surface area contributed by atoms with Gasteiger partial charge in [-0.25, -0.2) is 0 Å². The number of benzene rings is 1. The Morgan fingerprint density at radius 2 is 1.81 bits per heavy atom. The Hall–Kier alpha value is -1.14. The van der Waals surface area contributed by atoms with E-state index in [1.54, 1.807) is 14.2 Å². The van der Waals surface area contributed by atoms with E-state index in [0.717, 1.165) is 43.0 Å². The Morgan fingerprint density at radius 1 is 1.00 bits per heavy atom. The summed E-state index contributed by atoms with van der Waals surface area (Å²) in [5, 5.41) is 0. The van der Waals surface area contributed by atoms with Crippen molar-refractivity contribution in [3.8, 4) is 5.75 Å². The van der Waals surface area contributed by atoms with Crippen molar-refractivity contribution in [3.05, 3.63) is 29.3 Å². The maximum absolute atomic E-state index is 6.00. The number of nitrogens with zero attached hydrogens (tertiary/aromatic N) is 2. The number of likely N-dealkylation sites (tertiary alicyclic amines) is 1. The zero-order valence-corrected chi connectivity index (χ0v) is 19.7. The normalized spacial score (nSPS) is 23.8. The number of hydrogen-bond donors (Lipinski definition) is 0. The molecule has 1 atom stereocenters. The van der Waals surface area contributed by atoms with Crippen molar-refractivity contribution in [2.24, 2.45) is 5.92 Å². The average Bonchev–Trinajstić information content (AvgIpc) is 3.49. The van der Waals surface area contributed by atoms with Gasteiger partial charge in [-0.2, -0.15) is 0 Å². The largest absolute Gasteiger partial charge is 0.496 e. The van der Waals surface area contributed by atoms with Gasteiger partial charge >= 0.3 is 0 Å². The van der Waals surface area contributed by atoms with Crippen LogP contribution in [0.3, 0.4) is 0 Å². The standard InChI is InChI=1S/C26H42N2O3/c1-29-20-23-16-22(9-10-26(23)30-2)18-27(19-25-8-5-15-31-25)17-21-11-13-28(14-12-21)24-6-3-4-7-24/h9-10,16,21,24-25H,3-8,11-15,17-20H2,1-2H3. The topological polar surface area (TPSA) is 34.2 Å². The van der Waals surface area contributed by atoms with Gasteiger partial charge in [0.05, 0.1) is 19.8 Å². The molecule has 5 nitrogen and oxygen atoms in total. The van der Waals surface area contributed by atoms with Crippen LogP contribution in [0, 0.1) is 5.92 Å². The minimum atomic E-state index is 0.398. The molecule has 0 radical (unpaired) electrons. The highest BCUT2D eigenvalue weighted by Gasteiger charge is 2.29. The fourth-order valence-electron chi connectivity index (χ4n) is 5.87. The van der Waals surface area contributed by atoms with E-state index in [1.165, 1.54) is 76.6 Å². The Morgan fingerprint density at radius 3 is 2.48 bits per heavy atom. The van der Waals surface area contributed by atoms with Crippen LogP contribution in [0.4, 0.5) is 0 Å². The van der Waals surface area contributed by atoms with Crippen LogP contribution >= 0.6 is 0 Å². The SMILES string of the molecule is COCc1cc(CN(CC2CCN(C3CCCC3)CC2)CC2CCCO2)ccc1OC. The molecule has 2 aliphatic heterocycles. The first-order valence-corrected chi connectivity index (χ1v) is 12.5. The summed E-state index contributed by atoms with van der Waals surface area (Å²) in [5.74, 6) is 1.71. The molecule has 174 valence electrons. The summed E-state index contributed by atoms with van der Waals surface area (Å²) in [6.07, 6.45) is 11.2. The predicted octanol–water partition coefficient (Wildman–Crippen LogP) is 4.48. The molecule has 2 heterocycles. The van der Waals surface area contributed by atoms with Crippen molar-refractivity contribution in [1.82, 2.24) is 9.80 Å². The Labute approximate surface area is 189 Å². The van der Waals surface area contributed by atoms with E-state index in [9.17, 15) is 0 Å². The maximum atomic E-state index is 6.00. The van der Waals surface area contributed by atoms with E-state index in [0.29, 0.717) is 12.7 Å². The maximum Gasteiger partial charge on any atom is 0.124 e. The molecule has 31 heavy (non-hydrogen) atoms.